The number of benzene rings is 1. The number of pyridine rings is 1. The van der Waals surface area contributed by atoms with E-state index in [1.54, 1.807) is 18.2 Å². The summed E-state index contributed by atoms with van der Waals surface area (Å²) in [7, 11) is 0. The van der Waals surface area contributed by atoms with Gasteiger partial charge in [0.15, 0.2) is 0 Å². The maximum Gasteiger partial charge on any atom is 0.354 e. The van der Waals surface area contributed by atoms with Gasteiger partial charge in [0, 0.05) is 22.5 Å². The molecule has 2 rings (SSSR count). The summed E-state index contributed by atoms with van der Waals surface area (Å²) in [6, 6.07) is 7.76. The second-order valence-electron chi connectivity index (χ2n) is 4.15. The molecule has 0 unspecified atom stereocenters. The Balaban J connectivity index is 2.24. The van der Waals surface area contributed by atoms with Gasteiger partial charge in [-0.15, -0.1) is 0 Å². The zero-order chi connectivity index (χ0) is 14.7. The molecule has 2 N–H and O–H groups in total. The van der Waals surface area contributed by atoms with Gasteiger partial charge >= 0.3 is 5.97 Å². The molecule has 0 spiro atoms. The lowest BCUT2D eigenvalue weighted by atomic mass is 10.1. The summed E-state index contributed by atoms with van der Waals surface area (Å²) >= 11 is 5.84. The summed E-state index contributed by atoms with van der Waals surface area (Å²) < 4.78 is 0. The smallest absolute Gasteiger partial charge is 0.354 e. The number of rotatable bonds is 3. The van der Waals surface area contributed by atoms with Crippen LogP contribution in [0.3, 0.4) is 0 Å². The van der Waals surface area contributed by atoms with Gasteiger partial charge in [0.05, 0.1) is 0 Å². The summed E-state index contributed by atoms with van der Waals surface area (Å²) in [6.07, 6.45) is 1.28. The third kappa shape index (κ3) is 3.13. The highest BCUT2D eigenvalue weighted by molar-refractivity contribution is 6.30. The number of hydrogen-bond acceptors (Lipinski definition) is 3. The molecule has 0 aliphatic carbocycles. The van der Waals surface area contributed by atoms with Crippen LogP contribution in [0.15, 0.2) is 36.5 Å². The molecule has 5 nitrogen and oxygen atoms in total. The third-order valence-electron chi connectivity index (χ3n) is 2.68. The number of nitrogens with zero attached hydrogens (tertiary/aromatic N) is 1. The first kappa shape index (κ1) is 14.0. The van der Waals surface area contributed by atoms with Crippen LogP contribution in [0.25, 0.3) is 0 Å². The van der Waals surface area contributed by atoms with Crippen molar-refractivity contribution in [2.75, 3.05) is 5.32 Å². The SMILES string of the molecule is Cc1cc(Cl)ccc1NC(=O)c1ccnc(C(=O)O)c1. The Hall–Kier alpha value is -2.40. The van der Waals surface area contributed by atoms with Crippen molar-refractivity contribution in [3.63, 3.8) is 0 Å². The summed E-state index contributed by atoms with van der Waals surface area (Å²) in [6.45, 7) is 1.82. The van der Waals surface area contributed by atoms with Crippen molar-refractivity contribution in [3.8, 4) is 0 Å². The number of carboxylic acids is 1. The molecule has 1 aromatic heterocycles. The van der Waals surface area contributed by atoms with Gasteiger partial charge in [0.25, 0.3) is 5.91 Å². The fourth-order valence-corrected chi connectivity index (χ4v) is 1.88. The zero-order valence-corrected chi connectivity index (χ0v) is 11.3. The number of carboxylic acid groups (broad SMARTS) is 1. The van der Waals surface area contributed by atoms with E-state index < -0.39 is 11.9 Å². The number of nitrogens with one attached hydrogen (secondary N) is 1. The summed E-state index contributed by atoms with van der Waals surface area (Å²) in [5.41, 5.74) is 1.49. The van der Waals surface area contributed by atoms with Crippen LogP contribution in [0.4, 0.5) is 5.69 Å². The maximum absolute atomic E-state index is 12.1. The van der Waals surface area contributed by atoms with Crippen LogP contribution < -0.4 is 5.32 Å². The standard InChI is InChI=1S/C14H11ClN2O3/c1-8-6-10(15)2-3-11(8)17-13(18)9-4-5-16-12(7-9)14(19)20/h2-7H,1H3,(H,17,18)(H,19,20). The van der Waals surface area contributed by atoms with E-state index in [0.29, 0.717) is 10.7 Å². The molecule has 0 fully saturated rings. The second-order valence-corrected chi connectivity index (χ2v) is 4.58. The molecule has 0 saturated heterocycles. The molecule has 102 valence electrons. The van der Waals surface area contributed by atoms with Crippen LogP contribution >= 0.6 is 11.6 Å². The van der Waals surface area contributed by atoms with Gasteiger partial charge in [0.1, 0.15) is 5.69 Å². The van der Waals surface area contributed by atoms with Gasteiger partial charge in [-0.3, -0.25) is 4.79 Å². The summed E-state index contributed by atoms with van der Waals surface area (Å²) in [5, 5.41) is 12.1. The first-order valence-electron chi connectivity index (χ1n) is 5.74. The van der Waals surface area contributed by atoms with Crippen LogP contribution in [-0.2, 0) is 0 Å². The Labute approximate surface area is 120 Å². The Bertz CT molecular complexity index is 686. The molecule has 0 bridgehead atoms. The highest BCUT2D eigenvalue weighted by Gasteiger charge is 2.11. The molecule has 1 aromatic carbocycles. The van der Waals surface area contributed by atoms with E-state index in [0.717, 1.165) is 5.56 Å². The molecule has 1 amide bonds. The van der Waals surface area contributed by atoms with Crippen molar-refractivity contribution in [2.24, 2.45) is 0 Å². The van der Waals surface area contributed by atoms with Gasteiger partial charge < -0.3 is 10.4 Å². The monoisotopic (exact) mass is 290 g/mol. The Morgan fingerprint density at radius 2 is 2.00 bits per heavy atom. The van der Waals surface area contributed by atoms with Crippen molar-refractivity contribution in [2.45, 2.75) is 6.92 Å². The number of hydrogen-bond donors (Lipinski definition) is 2. The number of amides is 1. The maximum atomic E-state index is 12.1. The van der Waals surface area contributed by atoms with E-state index >= 15 is 0 Å². The van der Waals surface area contributed by atoms with Crippen molar-refractivity contribution >= 4 is 29.2 Å². The number of aromatic carboxylic acids is 1. The van der Waals surface area contributed by atoms with Crippen LogP contribution in [0, 0.1) is 6.92 Å². The normalized spacial score (nSPS) is 10.1. The first-order chi connectivity index (χ1) is 9.47. The Kier molecular flexibility index (Phi) is 4.00. The predicted octanol–water partition coefficient (Wildman–Crippen LogP) is 2.99. The molecule has 0 aliphatic rings. The lowest BCUT2D eigenvalue weighted by Gasteiger charge is -2.08. The van der Waals surface area contributed by atoms with Crippen molar-refractivity contribution in [1.82, 2.24) is 4.98 Å². The van der Waals surface area contributed by atoms with E-state index in [2.05, 4.69) is 10.3 Å². The Morgan fingerprint density at radius 3 is 2.65 bits per heavy atom. The lowest BCUT2D eigenvalue weighted by Crippen LogP contribution is -2.14. The van der Waals surface area contributed by atoms with Crippen molar-refractivity contribution in [3.05, 3.63) is 58.4 Å². The second kappa shape index (κ2) is 5.71. The van der Waals surface area contributed by atoms with Crippen LogP contribution in [0.2, 0.25) is 5.02 Å². The minimum atomic E-state index is -1.18. The van der Waals surface area contributed by atoms with Gasteiger partial charge in [0.2, 0.25) is 0 Å². The molecule has 0 saturated carbocycles. The molecule has 6 heteroatoms. The van der Waals surface area contributed by atoms with Gasteiger partial charge in [-0.05, 0) is 42.8 Å². The van der Waals surface area contributed by atoms with Crippen LogP contribution in [0.5, 0.6) is 0 Å². The number of anilines is 1. The quantitative estimate of drug-likeness (QED) is 0.911. The molecule has 0 radical (unpaired) electrons. The number of aromatic nitrogens is 1. The molecule has 1 heterocycles. The first-order valence-corrected chi connectivity index (χ1v) is 6.12. The van der Waals surface area contributed by atoms with Crippen molar-refractivity contribution in [1.29, 1.82) is 0 Å². The fraction of sp³-hybridized carbons (Fsp3) is 0.0714. The fourth-order valence-electron chi connectivity index (χ4n) is 1.65. The van der Waals surface area contributed by atoms with Gasteiger partial charge in [-0.25, -0.2) is 9.78 Å². The number of aryl methyl sites for hydroxylation is 1. The molecular weight excluding hydrogens is 280 g/mol. The molecule has 2 aromatic rings. The molecule has 0 aliphatic heterocycles. The topological polar surface area (TPSA) is 79.3 Å². The zero-order valence-electron chi connectivity index (χ0n) is 10.6. The minimum Gasteiger partial charge on any atom is -0.477 e. The van der Waals surface area contributed by atoms with Crippen LogP contribution in [0.1, 0.15) is 26.4 Å². The molecule has 20 heavy (non-hydrogen) atoms. The number of halogens is 1. The lowest BCUT2D eigenvalue weighted by molar-refractivity contribution is 0.0690. The van der Waals surface area contributed by atoms with E-state index in [9.17, 15) is 9.59 Å². The average molecular weight is 291 g/mol. The largest absolute Gasteiger partial charge is 0.477 e. The van der Waals surface area contributed by atoms with Gasteiger partial charge in [-0.2, -0.15) is 0 Å². The molecule has 0 atom stereocenters. The highest BCUT2D eigenvalue weighted by Crippen LogP contribution is 2.20. The number of carbonyl (C=O) groups is 2. The van der Waals surface area contributed by atoms with E-state index in [1.807, 2.05) is 6.92 Å². The van der Waals surface area contributed by atoms with Crippen LogP contribution in [-0.4, -0.2) is 22.0 Å². The average Bonchev–Trinajstić information content (AvgIpc) is 2.42. The van der Waals surface area contributed by atoms with E-state index in [1.165, 1.54) is 18.3 Å². The van der Waals surface area contributed by atoms with Gasteiger partial charge in [-0.1, -0.05) is 11.6 Å². The summed E-state index contributed by atoms with van der Waals surface area (Å²) in [5.74, 6) is -1.58. The van der Waals surface area contributed by atoms with E-state index in [-0.39, 0.29) is 11.3 Å². The van der Waals surface area contributed by atoms with E-state index in [4.69, 9.17) is 16.7 Å². The number of carbonyl (C=O) groups excluding carboxylic acids is 1. The molecular formula is C14H11ClN2O3. The third-order valence-corrected chi connectivity index (χ3v) is 2.91. The summed E-state index contributed by atoms with van der Waals surface area (Å²) in [4.78, 5) is 26.5. The predicted molar refractivity (Wildman–Crippen MR) is 75.3 cm³/mol. The Morgan fingerprint density at radius 1 is 1.25 bits per heavy atom. The highest BCUT2D eigenvalue weighted by atomic mass is 35.5. The van der Waals surface area contributed by atoms with Crippen molar-refractivity contribution < 1.29 is 14.7 Å². The minimum absolute atomic E-state index is 0.175.